The number of amides is 1. The number of hydrogen-bond donors (Lipinski definition) is 3. The molecule has 9 heteroatoms. The van der Waals surface area contributed by atoms with Crippen LogP contribution in [0.2, 0.25) is 0 Å². The molecule has 0 spiro atoms. The maximum absolute atomic E-state index is 14.2. The minimum Gasteiger partial charge on any atom is -0.364 e. The van der Waals surface area contributed by atoms with E-state index in [1.54, 1.807) is 0 Å². The van der Waals surface area contributed by atoms with Gasteiger partial charge in [0.05, 0.1) is 0 Å². The van der Waals surface area contributed by atoms with Gasteiger partial charge >= 0.3 is 0 Å². The molecule has 0 unspecified atom stereocenters. The molecule has 0 aliphatic carbocycles. The molecule has 1 amide bonds. The van der Waals surface area contributed by atoms with E-state index in [2.05, 4.69) is 10.3 Å². The Labute approximate surface area is 159 Å². The maximum Gasteiger partial charge on any atom is 0.267 e. The van der Waals surface area contributed by atoms with E-state index in [1.807, 2.05) is 4.90 Å². The van der Waals surface area contributed by atoms with Crippen LogP contribution in [0.25, 0.3) is 6.08 Å². The Morgan fingerprint density at radius 1 is 1.29 bits per heavy atom. The Kier molecular flexibility index (Phi) is 6.27. The average molecular weight is 392 g/mol. The molecule has 1 saturated heterocycles. The molecule has 1 aliphatic rings. The molecule has 0 saturated carbocycles. The fourth-order valence-corrected chi connectivity index (χ4v) is 3.05. The first-order valence-electron chi connectivity index (χ1n) is 8.65. The number of nitrogens with zero attached hydrogens (tertiary/aromatic N) is 2. The lowest BCUT2D eigenvalue weighted by atomic mass is 10.2. The number of hydrogen-bond acceptors (Lipinski definition) is 5. The molecule has 6 nitrogen and oxygen atoms in total. The molecule has 1 aromatic heterocycles. The molecule has 28 heavy (non-hydrogen) atoms. The Morgan fingerprint density at radius 3 is 2.71 bits per heavy atom. The number of carbonyl (C=O) groups excluding carboxylic acids is 1. The summed E-state index contributed by atoms with van der Waals surface area (Å²) < 4.78 is 41.8. The smallest absolute Gasteiger partial charge is 0.267 e. The zero-order valence-electron chi connectivity index (χ0n) is 14.8. The lowest BCUT2D eigenvalue weighted by Gasteiger charge is -2.18. The quantitative estimate of drug-likeness (QED) is 0.400. The first-order chi connectivity index (χ1) is 13.5. The van der Waals surface area contributed by atoms with Crippen molar-refractivity contribution in [1.82, 2.24) is 15.4 Å². The zero-order valence-corrected chi connectivity index (χ0v) is 14.8. The molecule has 2 heterocycles. The zero-order chi connectivity index (χ0) is 20.1. The summed E-state index contributed by atoms with van der Waals surface area (Å²) >= 11 is 0. The minimum absolute atomic E-state index is 0.0236. The van der Waals surface area contributed by atoms with Crippen LogP contribution < -0.4 is 10.8 Å². The van der Waals surface area contributed by atoms with Crippen LogP contribution in [0.1, 0.15) is 17.5 Å². The molecule has 3 N–H and O–H groups in total. The minimum atomic E-state index is -0.736. The number of aromatic nitrogens is 1. The summed E-state index contributed by atoms with van der Waals surface area (Å²) in [7, 11) is 0. The average Bonchev–Trinajstić information content (AvgIpc) is 3.12. The molecule has 3 rings (SSSR count). The molecule has 1 aliphatic heterocycles. The third-order valence-corrected chi connectivity index (χ3v) is 4.46. The van der Waals surface area contributed by atoms with Gasteiger partial charge in [0, 0.05) is 43.5 Å². The third-order valence-electron chi connectivity index (χ3n) is 4.46. The molecule has 1 fully saturated rings. The van der Waals surface area contributed by atoms with Gasteiger partial charge in [-0.05, 0) is 36.3 Å². The van der Waals surface area contributed by atoms with Gasteiger partial charge in [-0.15, -0.1) is 0 Å². The molecule has 1 atom stereocenters. The highest BCUT2D eigenvalue weighted by atomic mass is 19.1. The van der Waals surface area contributed by atoms with E-state index in [1.165, 1.54) is 42.0 Å². The van der Waals surface area contributed by atoms with Gasteiger partial charge in [-0.3, -0.25) is 14.9 Å². The Hall–Kier alpha value is -2.91. The first kappa shape index (κ1) is 19.8. The van der Waals surface area contributed by atoms with Crippen molar-refractivity contribution in [2.75, 3.05) is 18.4 Å². The summed E-state index contributed by atoms with van der Waals surface area (Å²) in [5.74, 6) is -2.43. The normalized spacial score (nSPS) is 17.2. The number of halogens is 3. The highest BCUT2D eigenvalue weighted by molar-refractivity contribution is 5.90. The van der Waals surface area contributed by atoms with Crippen LogP contribution in [0.4, 0.5) is 19.0 Å². The molecule has 0 bridgehead atoms. The molecule has 148 valence electrons. The van der Waals surface area contributed by atoms with Gasteiger partial charge in [0.25, 0.3) is 5.91 Å². The highest BCUT2D eigenvalue weighted by Gasteiger charge is 2.25. The second-order valence-electron chi connectivity index (χ2n) is 6.47. The Balaban J connectivity index is 1.59. The molecular weight excluding hydrogens is 373 g/mol. The number of carbonyl (C=O) groups is 1. The SMILES string of the molecule is O=C(/C=C/c1cnc(N[C@@H]2CCN(Cc3c(F)cccc3F)C2)c(F)c1)NO. The lowest BCUT2D eigenvalue weighted by Crippen LogP contribution is -2.27. The number of likely N-dealkylation sites (tertiary alicyclic amines) is 1. The van der Waals surface area contributed by atoms with E-state index in [0.717, 1.165) is 6.08 Å². The molecular formula is C19H19F3N4O2. The van der Waals surface area contributed by atoms with Crippen LogP contribution in [-0.2, 0) is 11.3 Å². The van der Waals surface area contributed by atoms with Crippen LogP contribution in [0.15, 0.2) is 36.5 Å². The maximum atomic E-state index is 14.2. The number of anilines is 1. The van der Waals surface area contributed by atoms with E-state index >= 15 is 0 Å². The van der Waals surface area contributed by atoms with Crippen LogP contribution in [-0.4, -0.2) is 40.1 Å². The fourth-order valence-electron chi connectivity index (χ4n) is 3.05. The fraction of sp³-hybridized carbons (Fsp3) is 0.263. The summed E-state index contributed by atoms with van der Waals surface area (Å²) in [5, 5.41) is 11.4. The van der Waals surface area contributed by atoms with Gasteiger partial charge in [-0.1, -0.05) is 6.07 Å². The largest absolute Gasteiger partial charge is 0.364 e. The highest BCUT2D eigenvalue weighted by Crippen LogP contribution is 2.21. The summed E-state index contributed by atoms with van der Waals surface area (Å²) in [6, 6.07) is 4.87. The van der Waals surface area contributed by atoms with Gasteiger partial charge in [-0.2, -0.15) is 0 Å². The third kappa shape index (κ3) is 4.87. The first-order valence-corrected chi connectivity index (χ1v) is 8.65. The Morgan fingerprint density at radius 2 is 2.04 bits per heavy atom. The topological polar surface area (TPSA) is 77.5 Å². The molecule has 1 aromatic carbocycles. The van der Waals surface area contributed by atoms with Crippen LogP contribution in [0.5, 0.6) is 0 Å². The van der Waals surface area contributed by atoms with Crippen molar-refractivity contribution in [3.05, 3.63) is 65.1 Å². The van der Waals surface area contributed by atoms with E-state index in [0.29, 0.717) is 25.1 Å². The number of pyridine rings is 1. The van der Waals surface area contributed by atoms with Crippen molar-refractivity contribution < 1.29 is 23.2 Å². The van der Waals surface area contributed by atoms with Crippen LogP contribution in [0.3, 0.4) is 0 Å². The van der Waals surface area contributed by atoms with E-state index < -0.39 is 23.4 Å². The summed E-state index contributed by atoms with van der Waals surface area (Å²) in [4.78, 5) is 16.8. The number of benzene rings is 1. The van der Waals surface area contributed by atoms with Gasteiger partial charge in [0.2, 0.25) is 0 Å². The van der Waals surface area contributed by atoms with Crippen molar-refractivity contribution in [2.24, 2.45) is 0 Å². The van der Waals surface area contributed by atoms with Crippen molar-refractivity contribution in [1.29, 1.82) is 0 Å². The predicted octanol–water partition coefficient (Wildman–Crippen LogP) is 2.70. The van der Waals surface area contributed by atoms with Crippen molar-refractivity contribution in [2.45, 2.75) is 19.0 Å². The Bertz CT molecular complexity index is 871. The monoisotopic (exact) mass is 392 g/mol. The number of nitrogens with one attached hydrogen (secondary N) is 2. The van der Waals surface area contributed by atoms with Crippen molar-refractivity contribution in [3.8, 4) is 0 Å². The molecule has 0 radical (unpaired) electrons. The van der Waals surface area contributed by atoms with Crippen LogP contribution in [0, 0.1) is 17.5 Å². The predicted molar refractivity (Wildman–Crippen MR) is 96.8 cm³/mol. The summed E-state index contributed by atoms with van der Waals surface area (Å²) in [5.41, 5.74) is 1.81. The van der Waals surface area contributed by atoms with E-state index in [4.69, 9.17) is 5.21 Å². The number of hydroxylamine groups is 1. The van der Waals surface area contributed by atoms with Crippen molar-refractivity contribution in [3.63, 3.8) is 0 Å². The van der Waals surface area contributed by atoms with Crippen LogP contribution >= 0.6 is 0 Å². The van der Waals surface area contributed by atoms with E-state index in [9.17, 15) is 18.0 Å². The van der Waals surface area contributed by atoms with Gasteiger partial charge in [0.1, 0.15) is 11.6 Å². The van der Waals surface area contributed by atoms with Crippen molar-refractivity contribution >= 4 is 17.8 Å². The number of rotatable bonds is 6. The van der Waals surface area contributed by atoms with E-state index in [-0.39, 0.29) is 24.0 Å². The summed E-state index contributed by atoms with van der Waals surface area (Å²) in [6.07, 6.45) is 4.41. The van der Waals surface area contributed by atoms with Gasteiger partial charge < -0.3 is 5.32 Å². The second-order valence-corrected chi connectivity index (χ2v) is 6.47. The standard InChI is InChI=1S/C19H19F3N4O2/c20-15-2-1-3-16(21)14(15)11-26-7-6-13(10-26)24-19-17(22)8-12(9-23-19)4-5-18(27)25-28/h1-5,8-9,13,28H,6-7,10-11H2,(H,23,24)(H,25,27)/b5-4+/t13-/m1/s1. The second kappa shape index (κ2) is 8.85. The summed E-state index contributed by atoms with van der Waals surface area (Å²) in [6.45, 7) is 1.25. The van der Waals surface area contributed by atoms with Gasteiger partial charge in [-0.25, -0.2) is 23.6 Å². The molecule has 2 aromatic rings. The lowest BCUT2D eigenvalue weighted by molar-refractivity contribution is -0.124. The van der Waals surface area contributed by atoms with Gasteiger partial charge in [0.15, 0.2) is 11.6 Å².